The van der Waals surface area contributed by atoms with E-state index < -0.39 is 0 Å². The number of nitrogens with one attached hydrogen (secondary N) is 1. The molecule has 1 N–H and O–H groups in total. The highest BCUT2D eigenvalue weighted by Gasteiger charge is 2.23. The Morgan fingerprint density at radius 2 is 1.65 bits per heavy atom. The highest BCUT2D eigenvalue weighted by atomic mass is 15.1. The summed E-state index contributed by atoms with van der Waals surface area (Å²) in [5.74, 6) is 0. The zero-order valence-electron chi connectivity index (χ0n) is 15.1. The van der Waals surface area contributed by atoms with E-state index >= 15 is 0 Å². The zero-order chi connectivity index (χ0) is 15.6. The third-order valence-electron chi connectivity index (χ3n) is 3.95. The van der Waals surface area contributed by atoms with Crippen LogP contribution in [0.15, 0.2) is 0 Å². The predicted molar refractivity (Wildman–Crippen MR) is 91.4 cm³/mol. The minimum absolute atomic E-state index is 0.345. The second-order valence-corrected chi connectivity index (χ2v) is 7.25. The van der Waals surface area contributed by atoms with E-state index in [9.17, 15) is 0 Å². The molecule has 0 spiro atoms. The van der Waals surface area contributed by atoms with Gasteiger partial charge in [0.05, 0.1) is 0 Å². The molecule has 0 heterocycles. The van der Waals surface area contributed by atoms with Gasteiger partial charge >= 0.3 is 0 Å². The molecule has 0 amide bonds. The molecule has 122 valence electrons. The number of hydrogen-bond acceptors (Lipinski definition) is 3. The number of rotatable bonds is 11. The van der Waals surface area contributed by atoms with E-state index in [-0.39, 0.29) is 0 Å². The van der Waals surface area contributed by atoms with Crippen LogP contribution in [-0.2, 0) is 0 Å². The molecule has 3 nitrogen and oxygen atoms in total. The van der Waals surface area contributed by atoms with E-state index in [1.54, 1.807) is 0 Å². The summed E-state index contributed by atoms with van der Waals surface area (Å²) in [7, 11) is 4.31. The molecule has 1 atom stereocenters. The van der Waals surface area contributed by atoms with Crippen LogP contribution < -0.4 is 5.32 Å². The van der Waals surface area contributed by atoms with Crippen LogP contribution in [-0.4, -0.2) is 62.7 Å². The van der Waals surface area contributed by atoms with E-state index in [2.05, 4.69) is 63.8 Å². The molecule has 0 aromatic heterocycles. The van der Waals surface area contributed by atoms with Gasteiger partial charge in [0, 0.05) is 6.04 Å². The summed E-state index contributed by atoms with van der Waals surface area (Å²) in [6.07, 6.45) is 3.73. The van der Waals surface area contributed by atoms with Crippen LogP contribution in [0.4, 0.5) is 0 Å². The van der Waals surface area contributed by atoms with Crippen molar-refractivity contribution in [1.29, 1.82) is 0 Å². The molecule has 0 bridgehead atoms. The lowest BCUT2D eigenvalue weighted by Crippen LogP contribution is -2.43. The van der Waals surface area contributed by atoms with Gasteiger partial charge in [-0.25, -0.2) is 0 Å². The third-order valence-corrected chi connectivity index (χ3v) is 3.95. The van der Waals surface area contributed by atoms with Gasteiger partial charge in [-0.15, -0.1) is 0 Å². The van der Waals surface area contributed by atoms with E-state index in [0.29, 0.717) is 11.5 Å². The van der Waals surface area contributed by atoms with Crippen molar-refractivity contribution in [3.8, 4) is 0 Å². The average Bonchev–Trinajstić information content (AvgIpc) is 2.34. The number of nitrogens with zero attached hydrogens (tertiary/aromatic N) is 2. The third kappa shape index (κ3) is 9.73. The predicted octanol–water partition coefficient (Wildman–Crippen LogP) is 3.06. The largest absolute Gasteiger partial charge is 0.313 e. The summed E-state index contributed by atoms with van der Waals surface area (Å²) >= 11 is 0. The molecule has 1 unspecified atom stereocenters. The standard InChI is InChI=1S/C17H39N3/c1-8-12-18-16(17(3,4)5)11-15-20(9-2)14-10-13-19(6)7/h16,18H,8-15H2,1-7H3. The van der Waals surface area contributed by atoms with Gasteiger partial charge in [-0.2, -0.15) is 0 Å². The molecular formula is C17H39N3. The summed E-state index contributed by atoms with van der Waals surface area (Å²) < 4.78 is 0. The van der Waals surface area contributed by atoms with Crippen molar-refractivity contribution in [2.75, 3.05) is 46.8 Å². The minimum Gasteiger partial charge on any atom is -0.313 e. The Labute approximate surface area is 128 Å². The van der Waals surface area contributed by atoms with Crippen molar-refractivity contribution < 1.29 is 0 Å². The van der Waals surface area contributed by atoms with Gasteiger partial charge in [0.25, 0.3) is 0 Å². The van der Waals surface area contributed by atoms with Crippen molar-refractivity contribution in [2.45, 2.75) is 59.9 Å². The summed E-state index contributed by atoms with van der Waals surface area (Å²) in [4.78, 5) is 4.87. The molecule has 3 heteroatoms. The number of hydrogen-bond donors (Lipinski definition) is 1. The Hall–Kier alpha value is -0.120. The molecule has 0 saturated heterocycles. The SMILES string of the molecule is CCCNC(CCN(CC)CCCN(C)C)C(C)(C)C. The quantitative estimate of drug-likeness (QED) is 0.629. The molecule has 0 fully saturated rings. The summed E-state index contributed by atoms with van der Waals surface area (Å²) in [5.41, 5.74) is 0.345. The van der Waals surface area contributed by atoms with Crippen molar-refractivity contribution in [3.05, 3.63) is 0 Å². The lowest BCUT2D eigenvalue weighted by molar-refractivity contribution is 0.203. The fraction of sp³-hybridized carbons (Fsp3) is 1.00. The van der Waals surface area contributed by atoms with Crippen molar-refractivity contribution >= 4 is 0 Å². The Kier molecular flexibility index (Phi) is 10.5. The Morgan fingerprint density at radius 1 is 1.00 bits per heavy atom. The molecule has 0 aliphatic rings. The minimum atomic E-state index is 0.345. The van der Waals surface area contributed by atoms with Gasteiger partial charge in [0.2, 0.25) is 0 Å². The van der Waals surface area contributed by atoms with Crippen LogP contribution in [0.2, 0.25) is 0 Å². The maximum Gasteiger partial charge on any atom is 0.0128 e. The Bertz CT molecular complexity index is 221. The topological polar surface area (TPSA) is 18.5 Å². The Morgan fingerprint density at radius 3 is 2.10 bits per heavy atom. The summed E-state index contributed by atoms with van der Waals surface area (Å²) in [6.45, 7) is 17.5. The summed E-state index contributed by atoms with van der Waals surface area (Å²) in [6, 6.07) is 0.616. The maximum atomic E-state index is 3.73. The zero-order valence-corrected chi connectivity index (χ0v) is 15.1. The van der Waals surface area contributed by atoms with Crippen LogP contribution >= 0.6 is 0 Å². The fourth-order valence-electron chi connectivity index (χ4n) is 2.51. The first kappa shape index (κ1) is 19.9. The fourth-order valence-corrected chi connectivity index (χ4v) is 2.51. The lowest BCUT2D eigenvalue weighted by Gasteiger charge is -2.33. The van der Waals surface area contributed by atoms with Crippen molar-refractivity contribution in [1.82, 2.24) is 15.1 Å². The molecule has 0 aliphatic carbocycles. The van der Waals surface area contributed by atoms with Gasteiger partial charge in [-0.1, -0.05) is 34.6 Å². The molecule has 20 heavy (non-hydrogen) atoms. The van der Waals surface area contributed by atoms with E-state index in [1.807, 2.05) is 0 Å². The van der Waals surface area contributed by atoms with E-state index in [4.69, 9.17) is 0 Å². The van der Waals surface area contributed by atoms with Gasteiger partial charge in [-0.05, 0) is 71.5 Å². The molecule has 0 aromatic carbocycles. The van der Waals surface area contributed by atoms with Crippen LogP contribution in [0.25, 0.3) is 0 Å². The molecule has 0 saturated carbocycles. The van der Waals surface area contributed by atoms with Gasteiger partial charge in [-0.3, -0.25) is 0 Å². The average molecular weight is 286 g/mol. The molecule has 0 rings (SSSR count). The molecule has 0 radical (unpaired) electrons. The van der Waals surface area contributed by atoms with Crippen LogP contribution in [0.5, 0.6) is 0 Å². The van der Waals surface area contributed by atoms with Gasteiger partial charge in [0.15, 0.2) is 0 Å². The summed E-state index contributed by atoms with van der Waals surface area (Å²) in [5, 5.41) is 3.73. The van der Waals surface area contributed by atoms with Gasteiger partial charge < -0.3 is 15.1 Å². The first-order valence-electron chi connectivity index (χ1n) is 8.41. The molecule has 0 aromatic rings. The maximum absolute atomic E-state index is 3.73. The second-order valence-electron chi connectivity index (χ2n) is 7.25. The van der Waals surface area contributed by atoms with Crippen molar-refractivity contribution in [3.63, 3.8) is 0 Å². The van der Waals surface area contributed by atoms with Gasteiger partial charge in [0.1, 0.15) is 0 Å². The van der Waals surface area contributed by atoms with Crippen molar-refractivity contribution in [2.24, 2.45) is 5.41 Å². The molecular weight excluding hydrogens is 246 g/mol. The smallest absolute Gasteiger partial charge is 0.0128 e. The van der Waals surface area contributed by atoms with Crippen LogP contribution in [0, 0.1) is 5.41 Å². The molecule has 0 aliphatic heterocycles. The second kappa shape index (κ2) is 10.6. The monoisotopic (exact) mass is 285 g/mol. The lowest BCUT2D eigenvalue weighted by atomic mass is 9.84. The first-order valence-corrected chi connectivity index (χ1v) is 8.41. The van der Waals surface area contributed by atoms with Crippen LogP contribution in [0.3, 0.4) is 0 Å². The highest BCUT2D eigenvalue weighted by molar-refractivity contribution is 4.81. The van der Waals surface area contributed by atoms with E-state index in [1.165, 1.54) is 38.9 Å². The first-order chi connectivity index (χ1) is 9.31. The van der Waals surface area contributed by atoms with Crippen LogP contribution in [0.1, 0.15) is 53.9 Å². The van der Waals surface area contributed by atoms with E-state index in [0.717, 1.165) is 13.1 Å². The Balaban J connectivity index is 4.14. The highest BCUT2D eigenvalue weighted by Crippen LogP contribution is 2.22. The normalized spacial score (nSPS) is 14.2.